The van der Waals surface area contributed by atoms with Gasteiger partial charge >= 0.3 is 12.4 Å². The van der Waals surface area contributed by atoms with Crippen molar-refractivity contribution in [1.29, 1.82) is 0 Å². The fraction of sp³-hybridized carbons (Fsp3) is 0.387. The Morgan fingerprint density at radius 2 is 1.61 bits per heavy atom. The molecule has 0 aliphatic carbocycles. The number of anilines is 1. The normalized spacial score (nSPS) is 16.2. The molecule has 3 aromatic rings. The SMILES string of the molecule is CCOc1cc(C(=O)N[C@@H](Cc2ccccc2)[C@H](O)CNCc2cc(C(F)(F)F)cc(C(F)(F)F)c2)cc(N2CCCS2(=O)=O)c1. The molecule has 0 spiro atoms. The van der Waals surface area contributed by atoms with E-state index in [9.17, 15) is 44.7 Å². The van der Waals surface area contributed by atoms with E-state index >= 15 is 0 Å². The van der Waals surface area contributed by atoms with E-state index in [1.54, 1.807) is 37.3 Å². The van der Waals surface area contributed by atoms with Crippen LogP contribution in [0.4, 0.5) is 32.0 Å². The summed E-state index contributed by atoms with van der Waals surface area (Å²) in [6.07, 6.45) is -10.8. The second-order valence-corrected chi connectivity index (χ2v) is 12.8. The molecule has 1 aliphatic rings. The van der Waals surface area contributed by atoms with E-state index < -0.39 is 58.1 Å². The molecule has 8 nitrogen and oxygen atoms in total. The van der Waals surface area contributed by atoms with Crippen molar-refractivity contribution in [2.45, 2.75) is 50.8 Å². The maximum Gasteiger partial charge on any atom is 0.416 e. The average molecular weight is 674 g/mol. The molecule has 15 heteroatoms. The van der Waals surface area contributed by atoms with Crippen LogP contribution in [0.5, 0.6) is 5.75 Å². The first kappa shape index (κ1) is 35.0. The molecule has 4 rings (SSSR count). The molecule has 1 heterocycles. The van der Waals surface area contributed by atoms with Crippen LogP contribution in [0.1, 0.15) is 46.0 Å². The lowest BCUT2D eigenvalue weighted by molar-refractivity contribution is -0.143. The Balaban J connectivity index is 1.54. The minimum atomic E-state index is -5.00. The number of benzene rings is 3. The number of hydrogen-bond acceptors (Lipinski definition) is 6. The van der Waals surface area contributed by atoms with Gasteiger partial charge in [-0.2, -0.15) is 26.3 Å². The van der Waals surface area contributed by atoms with E-state index in [0.717, 1.165) is 5.56 Å². The second-order valence-electron chi connectivity index (χ2n) is 10.8. The van der Waals surface area contributed by atoms with Gasteiger partial charge in [0.25, 0.3) is 5.91 Å². The number of halogens is 6. The minimum Gasteiger partial charge on any atom is -0.494 e. The van der Waals surface area contributed by atoms with Gasteiger partial charge in [0, 0.05) is 31.3 Å². The van der Waals surface area contributed by atoms with Crippen LogP contribution < -0.4 is 19.7 Å². The van der Waals surface area contributed by atoms with Crippen molar-refractivity contribution < 1.29 is 49.4 Å². The highest BCUT2D eigenvalue weighted by Gasteiger charge is 2.37. The van der Waals surface area contributed by atoms with Gasteiger partial charge in [0.05, 0.1) is 41.3 Å². The highest BCUT2D eigenvalue weighted by atomic mass is 32.2. The molecule has 46 heavy (non-hydrogen) atoms. The van der Waals surface area contributed by atoms with Gasteiger partial charge in [-0.15, -0.1) is 0 Å². The fourth-order valence-electron chi connectivity index (χ4n) is 5.07. The topological polar surface area (TPSA) is 108 Å². The standard InChI is InChI=1S/C31H33F6N3O5S/c1-2-45-26-15-22(14-25(17-26)40-9-6-10-46(40,43)44)29(42)39-27(13-20-7-4-3-5-8-20)28(41)19-38-18-21-11-23(30(32,33)34)16-24(12-21)31(35,36)37/h3-5,7-8,11-12,14-17,27-28,38,41H,2,6,9-10,13,18-19H2,1H3,(H,39,42)/t27-,28+/m0/s1. The van der Waals surface area contributed by atoms with Crippen LogP contribution in [0.3, 0.4) is 0 Å². The van der Waals surface area contributed by atoms with Crippen molar-refractivity contribution in [3.05, 3.63) is 94.5 Å². The van der Waals surface area contributed by atoms with Crippen molar-refractivity contribution in [1.82, 2.24) is 10.6 Å². The molecule has 3 N–H and O–H groups in total. The Kier molecular flexibility index (Phi) is 10.9. The van der Waals surface area contributed by atoms with Crippen molar-refractivity contribution >= 4 is 21.6 Å². The van der Waals surface area contributed by atoms with Crippen LogP contribution in [-0.2, 0) is 35.3 Å². The molecule has 3 aromatic carbocycles. The number of sulfonamides is 1. The third-order valence-electron chi connectivity index (χ3n) is 7.26. The van der Waals surface area contributed by atoms with Crippen LogP contribution in [0.15, 0.2) is 66.7 Å². The molecule has 1 fully saturated rings. The lowest BCUT2D eigenvalue weighted by atomic mass is 10.00. The number of amides is 1. The van der Waals surface area contributed by atoms with E-state index in [2.05, 4.69) is 10.6 Å². The van der Waals surface area contributed by atoms with Crippen LogP contribution in [0.25, 0.3) is 0 Å². The monoisotopic (exact) mass is 673 g/mol. The number of hydrogen-bond donors (Lipinski definition) is 3. The van der Waals surface area contributed by atoms with Crippen LogP contribution in [0, 0.1) is 0 Å². The molecule has 0 unspecified atom stereocenters. The third kappa shape index (κ3) is 9.13. The summed E-state index contributed by atoms with van der Waals surface area (Å²) in [5.74, 6) is -0.440. The predicted molar refractivity (Wildman–Crippen MR) is 159 cm³/mol. The number of nitrogens with one attached hydrogen (secondary N) is 2. The molecular weight excluding hydrogens is 640 g/mol. The molecule has 1 amide bonds. The maximum atomic E-state index is 13.5. The summed E-state index contributed by atoms with van der Waals surface area (Å²) < 4.78 is 111. The number of nitrogens with zero attached hydrogens (tertiary/aromatic N) is 1. The van der Waals surface area contributed by atoms with Crippen molar-refractivity contribution in [2.75, 3.05) is 29.8 Å². The summed E-state index contributed by atoms with van der Waals surface area (Å²) in [6, 6.07) is 13.4. The smallest absolute Gasteiger partial charge is 0.416 e. The van der Waals surface area contributed by atoms with Gasteiger partial charge in [0.15, 0.2) is 0 Å². The molecule has 0 saturated carbocycles. The largest absolute Gasteiger partial charge is 0.494 e. The second kappa shape index (κ2) is 14.3. The first-order valence-corrected chi connectivity index (χ1v) is 16.0. The highest BCUT2D eigenvalue weighted by molar-refractivity contribution is 7.93. The Labute approximate surface area is 262 Å². The lowest BCUT2D eigenvalue weighted by Crippen LogP contribution is -2.48. The molecule has 2 atom stereocenters. The van der Waals surface area contributed by atoms with Gasteiger partial charge < -0.3 is 20.5 Å². The summed E-state index contributed by atoms with van der Waals surface area (Å²) in [4.78, 5) is 13.5. The van der Waals surface area contributed by atoms with E-state index in [0.29, 0.717) is 18.6 Å². The Bertz CT molecular complexity index is 1580. The van der Waals surface area contributed by atoms with Crippen molar-refractivity contribution in [3.8, 4) is 5.75 Å². The number of carbonyl (C=O) groups is 1. The van der Waals surface area contributed by atoms with Gasteiger partial charge in [-0.1, -0.05) is 30.3 Å². The van der Waals surface area contributed by atoms with Gasteiger partial charge in [-0.25, -0.2) is 8.42 Å². The van der Waals surface area contributed by atoms with E-state index in [1.165, 1.54) is 22.5 Å². The molecule has 1 aliphatic heterocycles. The Morgan fingerprint density at radius 1 is 0.957 bits per heavy atom. The van der Waals surface area contributed by atoms with Gasteiger partial charge in [-0.05, 0) is 61.2 Å². The molecule has 0 bridgehead atoms. The quantitative estimate of drug-likeness (QED) is 0.230. The van der Waals surface area contributed by atoms with Crippen LogP contribution in [0.2, 0.25) is 0 Å². The molecule has 0 radical (unpaired) electrons. The predicted octanol–water partition coefficient (Wildman–Crippen LogP) is 5.15. The number of alkyl halides is 6. The van der Waals surface area contributed by atoms with E-state index in [1.807, 2.05) is 0 Å². The van der Waals surface area contributed by atoms with Crippen molar-refractivity contribution in [2.24, 2.45) is 0 Å². The number of rotatable bonds is 12. The minimum absolute atomic E-state index is 0.0366. The first-order chi connectivity index (χ1) is 21.6. The zero-order valence-electron chi connectivity index (χ0n) is 24.7. The summed E-state index contributed by atoms with van der Waals surface area (Å²) in [5.41, 5.74) is -2.17. The zero-order chi connectivity index (χ0) is 33.7. The Hall–Kier alpha value is -3.82. The summed E-state index contributed by atoms with van der Waals surface area (Å²) in [7, 11) is -3.57. The van der Waals surface area contributed by atoms with Gasteiger partial charge in [0.2, 0.25) is 10.0 Å². The summed E-state index contributed by atoms with van der Waals surface area (Å²) >= 11 is 0. The van der Waals surface area contributed by atoms with E-state index in [-0.39, 0.29) is 60.5 Å². The lowest BCUT2D eigenvalue weighted by Gasteiger charge is -2.26. The Morgan fingerprint density at radius 3 is 2.17 bits per heavy atom. The van der Waals surface area contributed by atoms with Gasteiger partial charge in [0.1, 0.15) is 5.75 Å². The van der Waals surface area contributed by atoms with Crippen LogP contribution in [-0.4, -0.2) is 57.0 Å². The summed E-state index contributed by atoms with van der Waals surface area (Å²) in [6.45, 7) is 1.47. The fourth-order valence-corrected chi connectivity index (χ4v) is 6.62. The molecule has 250 valence electrons. The third-order valence-corrected chi connectivity index (χ3v) is 9.13. The number of aliphatic hydroxyl groups excluding tert-OH is 1. The van der Waals surface area contributed by atoms with Gasteiger partial charge in [-0.3, -0.25) is 9.10 Å². The van der Waals surface area contributed by atoms with Crippen LogP contribution >= 0.6 is 0 Å². The number of carbonyl (C=O) groups excluding carboxylic acids is 1. The maximum absolute atomic E-state index is 13.5. The molecule has 0 aromatic heterocycles. The first-order valence-electron chi connectivity index (χ1n) is 14.4. The number of ether oxygens (including phenoxy) is 1. The molecular formula is C31H33F6N3O5S. The van der Waals surface area contributed by atoms with E-state index in [4.69, 9.17) is 4.74 Å². The highest BCUT2D eigenvalue weighted by Crippen LogP contribution is 2.36. The van der Waals surface area contributed by atoms with Crippen molar-refractivity contribution in [3.63, 3.8) is 0 Å². The average Bonchev–Trinajstić information content (AvgIpc) is 3.35. The zero-order valence-corrected chi connectivity index (χ0v) is 25.5. The summed E-state index contributed by atoms with van der Waals surface area (Å²) in [5, 5.41) is 16.5. The molecule has 1 saturated heterocycles. The number of aliphatic hydroxyl groups is 1.